The van der Waals surface area contributed by atoms with E-state index in [2.05, 4.69) is 0 Å². The van der Waals surface area contributed by atoms with Crippen molar-refractivity contribution < 1.29 is 9.59 Å². The quantitative estimate of drug-likeness (QED) is 0.739. The second-order valence-corrected chi connectivity index (χ2v) is 5.12. The number of fused-ring (bicyclic) bond motifs is 2. The summed E-state index contributed by atoms with van der Waals surface area (Å²) in [5, 5.41) is 3.63. The van der Waals surface area contributed by atoms with E-state index in [1.807, 2.05) is 29.6 Å². The molecule has 2 aromatic rings. The molecule has 0 fully saturated rings. The van der Waals surface area contributed by atoms with Gasteiger partial charge in [-0.2, -0.15) is 0 Å². The second kappa shape index (κ2) is 4.20. The number of anilines is 3. The zero-order valence-corrected chi connectivity index (χ0v) is 11.4. The topological polar surface area (TPSA) is 40.6 Å². The second-order valence-electron chi connectivity index (χ2n) is 4.38. The molecule has 96 valence electrons. The molecule has 4 nitrogen and oxygen atoms in total. The summed E-state index contributed by atoms with van der Waals surface area (Å²) in [6.07, 6.45) is 0. The first-order valence-electron chi connectivity index (χ1n) is 5.85. The van der Waals surface area contributed by atoms with E-state index in [1.165, 1.54) is 18.3 Å². The van der Waals surface area contributed by atoms with E-state index in [1.54, 1.807) is 22.2 Å². The van der Waals surface area contributed by atoms with Gasteiger partial charge in [-0.05, 0) is 12.1 Å². The van der Waals surface area contributed by atoms with Crippen molar-refractivity contribution in [1.82, 2.24) is 0 Å². The Balaban J connectivity index is 2.34. The van der Waals surface area contributed by atoms with Crippen LogP contribution in [0, 0.1) is 0 Å². The maximum atomic E-state index is 12.4. The molecule has 0 spiro atoms. The number of rotatable bonds is 0. The molecule has 3 rings (SSSR count). The minimum Gasteiger partial charge on any atom is -0.309 e. The van der Waals surface area contributed by atoms with E-state index >= 15 is 0 Å². The Morgan fingerprint density at radius 1 is 1.11 bits per heavy atom. The molecule has 0 aliphatic carbocycles. The van der Waals surface area contributed by atoms with Gasteiger partial charge in [0.15, 0.2) is 0 Å². The summed E-state index contributed by atoms with van der Waals surface area (Å²) in [7, 11) is 1.73. The normalized spacial score (nSPS) is 13.9. The molecule has 2 amide bonds. The van der Waals surface area contributed by atoms with E-state index in [-0.39, 0.29) is 11.8 Å². The number of amides is 2. The van der Waals surface area contributed by atoms with Crippen molar-refractivity contribution in [3.63, 3.8) is 0 Å². The largest absolute Gasteiger partial charge is 0.309 e. The molecule has 0 saturated heterocycles. The highest BCUT2D eigenvalue weighted by atomic mass is 32.1. The number of hydrogen-bond acceptors (Lipinski definition) is 3. The average Bonchev–Trinajstić information content (AvgIpc) is 2.83. The number of para-hydroxylation sites is 2. The third-order valence-corrected chi connectivity index (χ3v) is 3.95. The average molecular weight is 272 g/mol. The van der Waals surface area contributed by atoms with Crippen molar-refractivity contribution in [3.05, 3.63) is 40.6 Å². The van der Waals surface area contributed by atoms with Gasteiger partial charge in [0.2, 0.25) is 5.91 Å². The predicted octanol–water partition coefficient (Wildman–Crippen LogP) is 3.02. The molecule has 2 heterocycles. The van der Waals surface area contributed by atoms with Gasteiger partial charge in [0.05, 0.1) is 22.6 Å². The Labute approximate surface area is 114 Å². The fourth-order valence-electron chi connectivity index (χ4n) is 2.32. The number of carbonyl (C=O) groups is 2. The molecule has 0 unspecified atom stereocenters. The van der Waals surface area contributed by atoms with E-state index < -0.39 is 0 Å². The molecule has 0 N–H and O–H groups in total. The molecule has 0 saturated carbocycles. The number of benzene rings is 1. The van der Waals surface area contributed by atoms with Crippen LogP contribution in [0.4, 0.5) is 17.1 Å². The van der Waals surface area contributed by atoms with Crippen LogP contribution in [0.15, 0.2) is 35.0 Å². The Morgan fingerprint density at radius 2 is 1.79 bits per heavy atom. The van der Waals surface area contributed by atoms with Gasteiger partial charge < -0.3 is 4.90 Å². The van der Waals surface area contributed by atoms with Crippen LogP contribution in [0.1, 0.15) is 17.3 Å². The van der Waals surface area contributed by atoms with Gasteiger partial charge in [0.25, 0.3) is 5.91 Å². The molecule has 0 atom stereocenters. The molecular weight excluding hydrogens is 260 g/mol. The first-order valence-corrected chi connectivity index (χ1v) is 6.79. The summed E-state index contributed by atoms with van der Waals surface area (Å²) >= 11 is 1.42. The molecule has 1 aliphatic heterocycles. The van der Waals surface area contributed by atoms with Crippen LogP contribution < -0.4 is 9.80 Å². The van der Waals surface area contributed by atoms with Gasteiger partial charge in [0.1, 0.15) is 0 Å². The summed E-state index contributed by atoms with van der Waals surface area (Å²) in [4.78, 5) is 27.6. The first kappa shape index (κ1) is 11.9. The van der Waals surface area contributed by atoms with E-state index in [9.17, 15) is 9.59 Å². The Kier molecular flexibility index (Phi) is 2.64. The molecule has 19 heavy (non-hydrogen) atoms. The van der Waals surface area contributed by atoms with Crippen molar-refractivity contribution in [1.29, 1.82) is 0 Å². The van der Waals surface area contributed by atoms with Crippen LogP contribution >= 0.6 is 11.3 Å². The van der Waals surface area contributed by atoms with Crippen LogP contribution in [0.2, 0.25) is 0 Å². The van der Waals surface area contributed by atoms with Crippen molar-refractivity contribution in [2.24, 2.45) is 0 Å². The Morgan fingerprint density at radius 3 is 2.47 bits per heavy atom. The lowest BCUT2D eigenvalue weighted by Gasteiger charge is -2.22. The van der Waals surface area contributed by atoms with Crippen LogP contribution in [0.5, 0.6) is 0 Å². The summed E-state index contributed by atoms with van der Waals surface area (Å²) in [5.41, 5.74) is 2.71. The van der Waals surface area contributed by atoms with Gasteiger partial charge in [0, 0.05) is 24.7 Å². The minimum absolute atomic E-state index is 0.0903. The molecule has 1 aromatic heterocycles. The Bertz CT molecular complexity index is 678. The van der Waals surface area contributed by atoms with Gasteiger partial charge in [-0.3, -0.25) is 14.5 Å². The third-order valence-electron chi connectivity index (χ3n) is 3.22. The lowest BCUT2D eigenvalue weighted by Crippen LogP contribution is -2.25. The lowest BCUT2D eigenvalue weighted by atomic mass is 10.2. The Hall–Kier alpha value is -2.14. The molecular formula is C14H12N2O2S. The molecule has 5 heteroatoms. The number of hydrogen-bond donors (Lipinski definition) is 0. The van der Waals surface area contributed by atoms with Gasteiger partial charge in [-0.15, -0.1) is 11.3 Å². The SMILES string of the molecule is CC(=O)N1c2cscc2C(=O)N(C)c2ccccc21. The smallest absolute Gasteiger partial charge is 0.261 e. The summed E-state index contributed by atoms with van der Waals surface area (Å²) < 4.78 is 0. The van der Waals surface area contributed by atoms with E-state index in [4.69, 9.17) is 0 Å². The molecule has 1 aliphatic rings. The highest BCUT2D eigenvalue weighted by Crippen LogP contribution is 2.41. The summed E-state index contributed by atoms with van der Waals surface area (Å²) in [5.74, 6) is -0.192. The number of thiophene rings is 1. The first-order chi connectivity index (χ1) is 9.11. The zero-order chi connectivity index (χ0) is 13.6. The monoisotopic (exact) mass is 272 g/mol. The minimum atomic E-state index is -0.102. The van der Waals surface area contributed by atoms with Crippen molar-refractivity contribution in [3.8, 4) is 0 Å². The zero-order valence-electron chi connectivity index (χ0n) is 10.6. The molecule has 0 radical (unpaired) electrons. The maximum absolute atomic E-state index is 12.4. The number of carbonyl (C=O) groups excluding carboxylic acids is 2. The summed E-state index contributed by atoms with van der Waals surface area (Å²) in [6.45, 7) is 1.51. The highest BCUT2D eigenvalue weighted by Gasteiger charge is 2.31. The lowest BCUT2D eigenvalue weighted by molar-refractivity contribution is -0.115. The molecule has 1 aromatic carbocycles. The summed E-state index contributed by atoms with van der Waals surface area (Å²) in [6, 6.07) is 7.43. The predicted molar refractivity (Wildman–Crippen MR) is 76.3 cm³/mol. The van der Waals surface area contributed by atoms with Crippen molar-refractivity contribution >= 4 is 40.2 Å². The van der Waals surface area contributed by atoms with Crippen LogP contribution in [-0.4, -0.2) is 18.9 Å². The van der Waals surface area contributed by atoms with Crippen LogP contribution in [0.25, 0.3) is 0 Å². The number of nitrogens with zero attached hydrogens (tertiary/aromatic N) is 2. The fourth-order valence-corrected chi connectivity index (χ4v) is 3.11. The van der Waals surface area contributed by atoms with Gasteiger partial charge >= 0.3 is 0 Å². The molecule has 0 bridgehead atoms. The van der Waals surface area contributed by atoms with E-state index in [0.717, 1.165) is 11.4 Å². The third kappa shape index (κ3) is 1.66. The van der Waals surface area contributed by atoms with Crippen LogP contribution in [0.3, 0.4) is 0 Å². The van der Waals surface area contributed by atoms with E-state index in [0.29, 0.717) is 11.3 Å². The van der Waals surface area contributed by atoms with Gasteiger partial charge in [-0.25, -0.2) is 0 Å². The van der Waals surface area contributed by atoms with Crippen molar-refractivity contribution in [2.45, 2.75) is 6.92 Å². The fraction of sp³-hybridized carbons (Fsp3) is 0.143. The maximum Gasteiger partial charge on any atom is 0.261 e. The standard InChI is InChI=1S/C14H12N2O2S/c1-9(17)16-12-6-4-3-5-11(12)15(2)14(18)10-7-19-8-13(10)16/h3-8H,1-2H3. The van der Waals surface area contributed by atoms with Crippen LogP contribution in [-0.2, 0) is 4.79 Å². The highest BCUT2D eigenvalue weighted by molar-refractivity contribution is 7.08. The van der Waals surface area contributed by atoms with Crippen molar-refractivity contribution in [2.75, 3.05) is 16.8 Å². The van der Waals surface area contributed by atoms with Gasteiger partial charge in [-0.1, -0.05) is 12.1 Å².